The topological polar surface area (TPSA) is 82.7 Å². The number of rotatable bonds is 7. The molecule has 1 fully saturated rings. The average Bonchev–Trinajstić information content (AvgIpc) is 3.39. The van der Waals surface area contributed by atoms with E-state index >= 15 is 0 Å². The molecule has 5 rings (SSSR count). The van der Waals surface area contributed by atoms with Crippen molar-refractivity contribution < 1.29 is 18.7 Å². The Morgan fingerprint density at radius 3 is 2.35 bits per heavy atom. The van der Waals surface area contributed by atoms with Crippen LogP contribution in [0.5, 0.6) is 11.5 Å². The molecular formula is C31H38FN5O3. The second kappa shape index (κ2) is 12.7. The lowest BCUT2D eigenvalue weighted by Crippen LogP contribution is -2.46. The lowest BCUT2D eigenvalue weighted by Gasteiger charge is -2.33. The van der Waals surface area contributed by atoms with Gasteiger partial charge >= 0.3 is 0 Å². The molecule has 1 aliphatic rings. The summed E-state index contributed by atoms with van der Waals surface area (Å²) in [7, 11) is 5.14. The number of hydrogen-bond donors (Lipinski definition) is 2. The zero-order valence-corrected chi connectivity index (χ0v) is 24.0. The number of fused-ring (bicyclic) bond motifs is 1. The van der Waals surface area contributed by atoms with Crippen LogP contribution in [-0.2, 0) is 4.79 Å². The number of nitrogens with one attached hydrogen (secondary N) is 2. The SMILES string of the molecule is CNc1cnc(N2CCN(C=O)CC2)c(OC)c1.COc1ccccc1-c1cc(C(C)C)c(F)c2[nH]c(C)cc12. The summed E-state index contributed by atoms with van der Waals surface area (Å²) in [5.74, 6) is 2.34. The average molecular weight is 548 g/mol. The first-order valence-electron chi connectivity index (χ1n) is 13.4. The third-order valence-electron chi connectivity index (χ3n) is 7.14. The number of aryl methyl sites for hydroxylation is 1. The van der Waals surface area contributed by atoms with Crippen LogP contribution in [0, 0.1) is 12.7 Å². The Labute approximate surface area is 235 Å². The maximum Gasteiger partial charge on any atom is 0.209 e. The highest BCUT2D eigenvalue weighted by Gasteiger charge is 2.21. The molecule has 2 aromatic carbocycles. The number of anilines is 2. The molecule has 212 valence electrons. The van der Waals surface area contributed by atoms with E-state index in [2.05, 4.69) is 20.2 Å². The van der Waals surface area contributed by atoms with Gasteiger partial charge < -0.3 is 29.6 Å². The Morgan fingerprint density at radius 2 is 1.73 bits per heavy atom. The summed E-state index contributed by atoms with van der Waals surface area (Å²) in [5, 5.41) is 3.92. The van der Waals surface area contributed by atoms with Gasteiger partial charge in [-0.15, -0.1) is 0 Å². The number of nitrogens with zero attached hydrogens (tertiary/aromatic N) is 3. The van der Waals surface area contributed by atoms with Crippen LogP contribution >= 0.6 is 0 Å². The Balaban J connectivity index is 0.000000189. The van der Waals surface area contributed by atoms with Crippen LogP contribution in [-0.4, -0.2) is 68.7 Å². The van der Waals surface area contributed by atoms with Crippen LogP contribution in [0.2, 0.25) is 0 Å². The summed E-state index contributed by atoms with van der Waals surface area (Å²) in [6, 6.07) is 13.7. The van der Waals surface area contributed by atoms with Gasteiger partial charge in [-0.25, -0.2) is 9.37 Å². The standard InChI is InChI=1S/C19H20FNO.C12H18N4O2/c1-11(2)14-10-15(13-7-5-6-8-17(13)22-4)16-9-12(3)21-19(16)18(14)20;1-13-10-7-11(18-2)12(14-8-10)16-5-3-15(9-17)4-6-16/h5-11,21H,1-4H3;7-9,13H,3-6H2,1-2H3. The van der Waals surface area contributed by atoms with Crippen molar-refractivity contribution in [1.29, 1.82) is 0 Å². The van der Waals surface area contributed by atoms with E-state index in [9.17, 15) is 9.18 Å². The first-order valence-corrected chi connectivity index (χ1v) is 13.4. The van der Waals surface area contributed by atoms with Gasteiger partial charge in [-0.05, 0) is 42.2 Å². The fourth-order valence-electron chi connectivity index (χ4n) is 4.93. The van der Waals surface area contributed by atoms with Crippen molar-refractivity contribution in [3.8, 4) is 22.6 Å². The summed E-state index contributed by atoms with van der Waals surface area (Å²) < 4.78 is 25.6. The van der Waals surface area contributed by atoms with Crippen LogP contribution in [0.3, 0.4) is 0 Å². The molecule has 40 heavy (non-hydrogen) atoms. The number of pyridine rings is 1. The van der Waals surface area contributed by atoms with Gasteiger partial charge in [0.2, 0.25) is 6.41 Å². The highest BCUT2D eigenvalue weighted by molar-refractivity contribution is 5.98. The van der Waals surface area contributed by atoms with Crippen molar-refractivity contribution in [2.45, 2.75) is 26.7 Å². The molecule has 0 bridgehead atoms. The highest BCUT2D eigenvalue weighted by Crippen LogP contribution is 2.39. The van der Waals surface area contributed by atoms with Crippen molar-refractivity contribution >= 4 is 28.8 Å². The number of ether oxygens (including phenoxy) is 2. The van der Waals surface area contributed by atoms with Crippen LogP contribution in [0.25, 0.3) is 22.0 Å². The smallest absolute Gasteiger partial charge is 0.209 e. The zero-order valence-electron chi connectivity index (χ0n) is 24.0. The summed E-state index contributed by atoms with van der Waals surface area (Å²) in [4.78, 5) is 22.2. The molecule has 3 heterocycles. The van der Waals surface area contributed by atoms with Gasteiger partial charge in [-0.2, -0.15) is 0 Å². The molecule has 1 saturated heterocycles. The number of methoxy groups -OCH3 is 2. The zero-order chi connectivity index (χ0) is 28.8. The molecule has 1 aliphatic heterocycles. The molecule has 2 N–H and O–H groups in total. The number of hydrogen-bond acceptors (Lipinski definition) is 6. The summed E-state index contributed by atoms with van der Waals surface area (Å²) in [6.07, 6.45) is 2.68. The molecule has 0 aliphatic carbocycles. The van der Waals surface area contributed by atoms with Gasteiger partial charge in [-0.3, -0.25) is 4.79 Å². The largest absolute Gasteiger partial charge is 0.496 e. The normalized spacial score (nSPS) is 13.2. The van der Waals surface area contributed by atoms with Crippen molar-refractivity contribution in [3.05, 3.63) is 65.7 Å². The summed E-state index contributed by atoms with van der Waals surface area (Å²) >= 11 is 0. The molecule has 0 unspecified atom stereocenters. The molecule has 2 aromatic heterocycles. The molecule has 8 nitrogen and oxygen atoms in total. The van der Waals surface area contributed by atoms with Crippen molar-refractivity contribution in [3.63, 3.8) is 0 Å². The van der Waals surface area contributed by atoms with E-state index in [4.69, 9.17) is 9.47 Å². The molecular weight excluding hydrogens is 509 g/mol. The lowest BCUT2D eigenvalue weighted by molar-refractivity contribution is -0.118. The monoisotopic (exact) mass is 547 g/mol. The van der Waals surface area contributed by atoms with Crippen LogP contribution < -0.4 is 19.7 Å². The van der Waals surface area contributed by atoms with Crippen LogP contribution in [0.4, 0.5) is 15.9 Å². The molecule has 0 radical (unpaired) electrons. The Kier molecular flexibility index (Phi) is 9.14. The third-order valence-corrected chi connectivity index (χ3v) is 7.14. The number of carbonyl (C=O) groups excluding carboxylic acids is 1. The number of piperazine rings is 1. The third kappa shape index (κ3) is 5.98. The first kappa shape index (κ1) is 28.7. The van der Waals surface area contributed by atoms with Crippen LogP contribution in [0.15, 0.2) is 48.7 Å². The van der Waals surface area contributed by atoms with Gasteiger partial charge in [0.05, 0.1) is 31.6 Å². The lowest BCUT2D eigenvalue weighted by atomic mass is 9.93. The van der Waals surface area contributed by atoms with Crippen molar-refractivity contribution in [2.75, 3.05) is 57.7 Å². The second-order valence-corrected chi connectivity index (χ2v) is 10.1. The van der Waals surface area contributed by atoms with Gasteiger partial charge in [0, 0.05) is 55.9 Å². The van der Waals surface area contributed by atoms with Crippen molar-refractivity contribution in [2.24, 2.45) is 0 Å². The predicted octanol–water partition coefficient (Wildman–Crippen LogP) is 5.82. The fourth-order valence-corrected chi connectivity index (χ4v) is 4.93. The fraction of sp³-hybridized carbons (Fsp3) is 0.355. The summed E-state index contributed by atoms with van der Waals surface area (Å²) in [6.45, 7) is 8.96. The number of amides is 1. The molecule has 0 saturated carbocycles. The number of halogens is 1. The number of carbonyl (C=O) groups is 1. The van der Waals surface area contributed by atoms with E-state index in [-0.39, 0.29) is 11.7 Å². The van der Waals surface area contributed by atoms with Gasteiger partial charge in [-0.1, -0.05) is 32.0 Å². The Bertz CT molecular complexity index is 1460. The van der Waals surface area contributed by atoms with E-state index in [0.717, 1.165) is 83.4 Å². The maximum atomic E-state index is 14.7. The number of H-pyrrole nitrogens is 1. The minimum Gasteiger partial charge on any atom is -0.496 e. The van der Waals surface area contributed by atoms with E-state index in [1.54, 1.807) is 25.3 Å². The van der Waals surface area contributed by atoms with E-state index in [1.807, 2.05) is 70.3 Å². The second-order valence-electron chi connectivity index (χ2n) is 10.1. The van der Waals surface area contributed by atoms with E-state index in [0.29, 0.717) is 5.52 Å². The minimum absolute atomic E-state index is 0.112. The molecule has 0 spiro atoms. The van der Waals surface area contributed by atoms with E-state index in [1.165, 1.54) is 0 Å². The molecule has 4 aromatic rings. The van der Waals surface area contributed by atoms with E-state index < -0.39 is 0 Å². The number of benzene rings is 2. The highest BCUT2D eigenvalue weighted by atomic mass is 19.1. The summed E-state index contributed by atoms with van der Waals surface area (Å²) in [5.41, 5.74) is 5.14. The van der Waals surface area contributed by atoms with Gasteiger partial charge in [0.1, 0.15) is 5.75 Å². The van der Waals surface area contributed by atoms with Gasteiger partial charge in [0.15, 0.2) is 17.4 Å². The molecule has 1 amide bonds. The Hall–Kier alpha value is -4.27. The maximum absolute atomic E-state index is 14.7. The minimum atomic E-state index is -0.156. The quantitative estimate of drug-likeness (QED) is 0.284. The number of aromatic amines is 1. The number of aromatic nitrogens is 2. The molecule has 0 atom stereocenters. The molecule has 9 heteroatoms. The Morgan fingerprint density at radius 1 is 1.02 bits per heavy atom. The predicted molar refractivity (Wildman–Crippen MR) is 159 cm³/mol. The van der Waals surface area contributed by atoms with Crippen LogP contribution in [0.1, 0.15) is 31.0 Å². The van der Waals surface area contributed by atoms with Gasteiger partial charge in [0.25, 0.3) is 0 Å². The number of para-hydroxylation sites is 1. The van der Waals surface area contributed by atoms with Crippen molar-refractivity contribution in [1.82, 2.24) is 14.9 Å². The first-order chi connectivity index (χ1) is 19.3.